The van der Waals surface area contributed by atoms with Crippen LogP contribution in [0.25, 0.3) is 10.9 Å². The number of benzene rings is 4. The summed E-state index contributed by atoms with van der Waals surface area (Å²) in [6.45, 7) is 25.8. The number of fused-ring (bicyclic) bond motifs is 3. The summed E-state index contributed by atoms with van der Waals surface area (Å²) >= 11 is 0. The monoisotopic (exact) mass is 1090 g/mol. The van der Waals surface area contributed by atoms with Crippen molar-refractivity contribution in [1.82, 2.24) is 39.7 Å². The smallest absolute Gasteiger partial charge is 0.274 e. The molecule has 0 saturated carbocycles. The Hall–Kier alpha value is -7.85. The first-order chi connectivity index (χ1) is 37.9. The molecule has 0 radical (unpaired) electrons. The molecular formula is C64H81N9O7. The lowest BCUT2D eigenvalue weighted by atomic mass is 9.86. The highest BCUT2D eigenvalue weighted by Crippen LogP contribution is 2.33. The number of ether oxygens (including phenoxy) is 4. The highest BCUT2D eigenvalue weighted by molar-refractivity contribution is 6.46. The minimum atomic E-state index is -0.112. The molecule has 2 aliphatic heterocycles. The Morgan fingerprint density at radius 3 is 1.64 bits per heavy atom. The Kier molecular flexibility index (Phi) is 19.4. The number of hydrogen-bond acceptors (Lipinski definition) is 11. The van der Waals surface area contributed by atoms with Gasteiger partial charge in [0.25, 0.3) is 17.7 Å². The molecular weight excluding hydrogens is 1010 g/mol. The van der Waals surface area contributed by atoms with Gasteiger partial charge in [0.1, 0.15) is 42.8 Å². The van der Waals surface area contributed by atoms with Crippen molar-refractivity contribution in [3.63, 3.8) is 0 Å². The van der Waals surface area contributed by atoms with Crippen molar-refractivity contribution in [3.8, 4) is 17.2 Å². The van der Waals surface area contributed by atoms with E-state index >= 15 is 0 Å². The lowest BCUT2D eigenvalue weighted by Gasteiger charge is -2.23. The van der Waals surface area contributed by atoms with E-state index in [1.165, 1.54) is 0 Å². The molecule has 80 heavy (non-hydrogen) atoms. The zero-order valence-electron chi connectivity index (χ0n) is 49.4. The lowest BCUT2D eigenvalue weighted by Crippen LogP contribution is -2.36. The molecule has 0 unspecified atom stereocenters. The van der Waals surface area contributed by atoms with E-state index in [0.717, 1.165) is 79.3 Å². The molecule has 424 valence electrons. The number of H-pyrrole nitrogens is 1. The number of para-hydroxylation sites is 3. The van der Waals surface area contributed by atoms with Gasteiger partial charge in [-0.3, -0.25) is 34.1 Å². The number of carbonyl (C=O) groups excluding carboxylic acids is 3. The van der Waals surface area contributed by atoms with Crippen molar-refractivity contribution in [2.45, 2.75) is 105 Å². The maximum absolute atomic E-state index is 12.8. The van der Waals surface area contributed by atoms with Gasteiger partial charge in [0.15, 0.2) is 11.4 Å². The third-order valence-electron chi connectivity index (χ3n) is 14.0. The molecule has 0 saturated heterocycles. The molecule has 0 bridgehead atoms. The number of likely N-dealkylation sites (N-methyl/N-ethyl adjacent to an activating group) is 3. The second kappa shape index (κ2) is 26.0. The maximum Gasteiger partial charge on any atom is 0.274 e. The summed E-state index contributed by atoms with van der Waals surface area (Å²) in [6.07, 6.45) is 2.52. The molecule has 5 heterocycles. The van der Waals surface area contributed by atoms with Gasteiger partial charge >= 0.3 is 0 Å². The fourth-order valence-corrected chi connectivity index (χ4v) is 9.44. The summed E-state index contributed by atoms with van der Waals surface area (Å²) in [4.78, 5) is 51.9. The lowest BCUT2D eigenvalue weighted by molar-refractivity contribution is -0.123. The molecule has 16 nitrogen and oxygen atoms in total. The SMILES string of the molecule is CN(CCOc1ccccc1C(C)(C)C)C(=O)C1=NCc2ncccc21.CN(CCOc1ccccc1C(C)(C)C)C(=O)c1nn(C)c2c1COCC2.Cc1ccc2[nH]nc(C(=O)N(C)CCOc3ccccc3C(C)(C)C)c2c1. The highest BCUT2D eigenvalue weighted by Gasteiger charge is 2.28. The van der Waals surface area contributed by atoms with E-state index < -0.39 is 0 Å². The number of aliphatic imine (C=N–C) groups is 1. The van der Waals surface area contributed by atoms with Crippen molar-refractivity contribution in [2.75, 3.05) is 67.2 Å². The first-order valence-corrected chi connectivity index (χ1v) is 27.4. The van der Waals surface area contributed by atoms with Gasteiger partial charge in [-0.1, -0.05) is 129 Å². The number of aryl methyl sites for hydroxylation is 2. The Bertz CT molecular complexity index is 3300. The van der Waals surface area contributed by atoms with Crippen molar-refractivity contribution >= 4 is 34.3 Å². The van der Waals surface area contributed by atoms with Crippen LogP contribution in [-0.2, 0) is 52.4 Å². The van der Waals surface area contributed by atoms with E-state index in [1.54, 1.807) is 46.7 Å². The third kappa shape index (κ3) is 14.9. The average Bonchev–Trinajstić information content (AvgIpc) is 4.22. The van der Waals surface area contributed by atoms with E-state index in [4.69, 9.17) is 18.9 Å². The van der Waals surface area contributed by atoms with E-state index in [9.17, 15) is 14.4 Å². The quantitative estimate of drug-likeness (QED) is 0.104. The summed E-state index contributed by atoms with van der Waals surface area (Å²) in [6, 6.07) is 33.8. The number of pyridine rings is 1. The number of aromatic nitrogens is 5. The maximum atomic E-state index is 12.8. The van der Waals surface area contributed by atoms with Crippen molar-refractivity contribution < 1.29 is 33.3 Å². The van der Waals surface area contributed by atoms with E-state index in [2.05, 4.69) is 106 Å². The first kappa shape index (κ1) is 59.8. The van der Waals surface area contributed by atoms with Crippen molar-refractivity contribution in [1.29, 1.82) is 0 Å². The van der Waals surface area contributed by atoms with Crippen LogP contribution in [0.1, 0.15) is 128 Å². The number of aromatic amines is 1. The highest BCUT2D eigenvalue weighted by atomic mass is 16.5. The minimum absolute atomic E-state index is 0.00410. The van der Waals surface area contributed by atoms with Gasteiger partial charge in [-0.2, -0.15) is 10.2 Å². The zero-order valence-corrected chi connectivity index (χ0v) is 49.4. The van der Waals surface area contributed by atoms with Gasteiger partial charge < -0.3 is 33.6 Å². The van der Waals surface area contributed by atoms with Gasteiger partial charge in [0, 0.05) is 63.0 Å². The fourth-order valence-electron chi connectivity index (χ4n) is 9.44. The standard InChI is InChI=1S/C22H27N3O2.C21H29N3O3.C21H25N3O2/c1-15-10-11-18-16(14-15)20(24-23-18)21(26)25(5)12-13-27-19-9-7-6-8-17(19)22(2,3)4;1-21(2,3)16-8-6-7-9-18(16)27-13-11-23(4)20(25)19-15-14-26-12-10-17(15)24(5)22-19;1-21(2,3)16-9-5-6-10-18(16)26-13-12-24(4)20(25)19-15-8-7-11-22-17(15)14-23-19/h6-11,14H,12-13H2,1-5H3,(H,23,24);6-9H,10-14H2,1-5H3;5-11H,12-14H2,1-4H3. The molecule has 0 fully saturated rings. The van der Waals surface area contributed by atoms with Gasteiger partial charge in [-0.05, 0) is 82.3 Å². The van der Waals surface area contributed by atoms with Crippen LogP contribution in [-0.4, -0.2) is 130 Å². The fraction of sp³-hybridized carbons (Fsp3) is 0.422. The number of amides is 3. The summed E-state index contributed by atoms with van der Waals surface area (Å²) < 4.78 is 25.3. The number of nitrogens with one attached hydrogen (secondary N) is 1. The molecule has 0 spiro atoms. The third-order valence-corrected chi connectivity index (χ3v) is 14.0. The van der Waals surface area contributed by atoms with Crippen LogP contribution in [0.3, 0.4) is 0 Å². The molecule has 2 aliphatic rings. The molecule has 0 aliphatic carbocycles. The molecule has 3 amide bonds. The van der Waals surface area contributed by atoms with Gasteiger partial charge in [0.05, 0.1) is 50.6 Å². The largest absolute Gasteiger partial charge is 0.491 e. The van der Waals surface area contributed by atoms with Crippen LogP contribution < -0.4 is 14.2 Å². The van der Waals surface area contributed by atoms with Crippen LogP contribution in [0.2, 0.25) is 0 Å². The minimum Gasteiger partial charge on any atom is -0.491 e. The summed E-state index contributed by atoms with van der Waals surface area (Å²) in [5.74, 6) is 2.31. The number of rotatable bonds is 15. The van der Waals surface area contributed by atoms with Gasteiger partial charge in [-0.25, -0.2) is 0 Å². The van der Waals surface area contributed by atoms with Crippen LogP contribution in [0.4, 0.5) is 0 Å². The number of nitrogens with zero attached hydrogens (tertiary/aromatic N) is 8. The molecule has 9 rings (SSSR count). The summed E-state index contributed by atoms with van der Waals surface area (Å²) in [7, 11) is 7.22. The normalized spacial score (nSPS) is 12.9. The zero-order chi connectivity index (χ0) is 57.9. The van der Waals surface area contributed by atoms with Crippen LogP contribution in [0.15, 0.2) is 114 Å². The van der Waals surface area contributed by atoms with Crippen molar-refractivity contribution in [2.24, 2.45) is 12.0 Å². The Labute approximate surface area is 472 Å². The van der Waals surface area contributed by atoms with Crippen molar-refractivity contribution in [3.05, 3.63) is 165 Å². The topological polar surface area (TPSA) is 170 Å². The van der Waals surface area contributed by atoms with Gasteiger partial charge in [-0.15, -0.1) is 0 Å². The van der Waals surface area contributed by atoms with E-state index in [-0.39, 0.29) is 34.0 Å². The summed E-state index contributed by atoms with van der Waals surface area (Å²) in [5, 5.41) is 12.4. The molecule has 3 aromatic heterocycles. The van der Waals surface area contributed by atoms with Gasteiger partial charge in [0.2, 0.25) is 0 Å². The summed E-state index contributed by atoms with van der Waals surface area (Å²) in [5.41, 5.74) is 10.6. The second-order valence-electron chi connectivity index (χ2n) is 23.4. The Balaban J connectivity index is 0.000000173. The van der Waals surface area contributed by atoms with Crippen LogP contribution in [0.5, 0.6) is 17.2 Å². The predicted molar refractivity (Wildman–Crippen MR) is 315 cm³/mol. The van der Waals surface area contributed by atoms with E-state index in [1.807, 2.05) is 98.9 Å². The number of carbonyl (C=O) groups is 3. The molecule has 16 heteroatoms. The first-order valence-electron chi connectivity index (χ1n) is 27.4. The molecule has 7 aromatic rings. The second-order valence-corrected chi connectivity index (χ2v) is 23.4. The average molecular weight is 1090 g/mol. The Morgan fingerprint density at radius 2 is 1.12 bits per heavy atom. The van der Waals surface area contributed by atoms with E-state index in [0.29, 0.717) is 76.3 Å². The molecule has 1 N–H and O–H groups in total. The van der Waals surface area contributed by atoms with Crippen LogP contribution >= 0.6 is 0 Å². The molecule has 0 atom stereocenters. The number of hydrogen-bond donors (Lipinski definition) is 1. The molecule has 4 aromatic carbocycles. The van der Waals surface area contributed by atoms with Crippen LogP contribution in [0, 0.1) is 6.92 Å². The predicted octanol–water partition coefficient (Wildman–Crippen LogP) is 10.5. The Morgan fingerprint density at radius 1 is 0.637 bits per heavy atom.